The molecule has 1 aliphatic heterocycles. The Bertz CT molecular complexity index is 1100. The molecule has 1 aliphatic rings. The molecule has 7 heteroatoms. The lowest BCUT2D eigenvalue weighted by molar-refractivity contribution is 1.04. The fourth-order valence-electron chi connectivity index (χ4n) is 3.29. The third-order valence-corrected chi connectivity index (χ3v) is 4.63. The normalized spacial score (nSPS) is 12.7. The monoisotopic (exact) mass is 369 g/mol. The van der Waals surface area contributed by atoms with Crippen LogP contribution in [-0.2, 0) is 6.42 Å². The highest BCUT2D eigenvalue weighted by Crippen LogP contribution is 2.32. The quantitative estimate of drug-likeness (QED) is 0.557. The molecule has 0 fully saturated rings. The van der Waals surface area contributed by atoms with E-state index in [0.717, 1.165) is 28.9 Å². The minimum Gasteiger partial charge on any atom is -0.382 e. The van der Waals surface area contributed by atoms with Gasteiger partial charge in [0, 0.05) is 17.9 Å². The van der Waals surface area contributed by atoms with E-state index in [0.29, 0.717) is 12.4 Å². The van der Waals surface area contributed by atoms with Gasteiger partial charge in [0.25, 0.3) is 0 Å². The number of para-hydroxylation sites is 1. The lowest BCUT2D eigenvalue weighted by Crippen LogP contribution is -2.19. The molecule has 0 amide bonds. The first-order valence-corrected chi connectivity index (χ1v) is 8.85. The van der Waals surface area contributed by atoms with Crippen molar-refractivity contribution in [2.45, 2.75) is 6.42 Å². The van der Waals surface area contributed by atoms with Gasteiger partial charge in [-0.2, -0.15) is 15.2 Å². The fourth-order valence-corrected chi connectivity index (χ4v) is 3.29. The van der Waals surface area contributed by atoms with Gasteiger partial charge in [-0.3, -0.25) is 0 Å². The van der Waals surface area contributed by atoms with Crippen molar-refractivity contribution in [3.05, 3.63) is 76.9 Å². The Kier molecular flexibility index (Phi) is 4.52. The zero-order valence-corrected chi connectivity index (χ0v) is 15.1. The van der Waals surface area contributed by atoms with Crippen LogP contribution in [0.1, 0.15) is 16.7 Å². The summed E-state index contributed by atoms with van der Waals surface area (Å²) in [5, 5.41) is 16.1. The number of nitriles is 1. The van der Waals surface area contributed by atoms with Gasteiger partial charge in [0.05, 0.1) is 0 Å². The van der Waals surface area contributed by atoms with Crippen molar-refractivity contribution in [2.24, 2.45) is 0 Å². The zero-order chi connectivity index (χ0) is 19.5. The highest BCUT2D eigenvalue weighted by atomic mass is 15.1. The van der Waals surface area contributed by atoms with Crippen LogP contribution in [0.4, 0.5) is 23.3 Å². The maximum atomic E-state index is 9.37. The molecule has 0 bridgehead atoms. The minimum atomic E-state index is 0.0309. The van der Waals surface area contributed by atoms with Gasteiger partial charge >= 0.3 is 0 Å². The van der Waals surface area contributed by atoms with Gasteiger partial charge in [0.1, 0.15) is 17.5 Å². The van der Waals surface area contributed by atoms with Crippen LogP contribution in [0.25, 0.3) is 5.70 Å². The van der Waals surface area contributed by atoms with Crippen molar-refractivity contribution in [3.63, 3.8) is 0 Å². The average Bonchev–Trinajstić information content (AvgIpc) is 2.72. The largest absolute Gasteiger partial charge is 0.382 e. The van der Waals surface area contributed by atoms with Crippen LogP contribution < -0.4 is 22.1 Å². The van der Waals surface area contributed by atoms with Crippen LogP contribution in [0.5, 0.6) is 0 Å². The molecule has 0 spiro atoms. The predicted octanol–water partition coefficient (Wildman–Crippen LogP) is 3.00. The van der Waals surface area contributed by atoms with E-state index >= 15 is 0 Å². The average molecular weight is 369 g/mol. The Hall–Kier alpha value is -4.05. The third-order valence-electron chi connectivity index (χ3n) is 4.63. The highest BCUT2D eigenvalue weighted by molar-refractivity contribution is 5.84. The van der Waals surface area contributed by atoms with E-state index in [1.807, 2.05) is 36.4 Å². The molecule has 2 aromatic carbocycles. The first-order chi connectivity index (χ1) is 13.7. The maximum absolute atomic E-state index is 9.37. The fraction of sp³-hybridized carbons (Fsp3) is 0.0952. The first-order valence-electron chi connectivity index (χ1n) is 8.85. The number of rotatable bonds is 4. The number of nitrogen functional groups attached to an aromatic ring is 2. The van der Waals surface area contributed by atoms with Crippen LogP contribution >= 0.6 is 0 Å². The van der Waals surface area contributed by atoms with Crippen molar-refractivity contribution in [1.82, 2.24) is 9.97 Å². The third kappa shape index (κ3) is 3.31. The number of aromatic nitrogens is 2. The SMILES string of the molecule is N#Cc1c(N)nc(N)nc1NCC1=C(c2ccccc2)Nc2ccccc2C1. The van der Waals surface area contributed by atoms with Gasteiger partial charge in [0.15, 0.2) is 5.82 Å². The lowest BCUT2D eigenvalue weighted by atomic mass is 9.94. The summed E-state index contributed by atoms with van der Waals surface area (Å²) in [6.45, 7) is 0.482. The summed E-state index contributed by atoms with van der Waals surface area (Å²) < 4.78 is 0. The number of nitrogens with zero attached hydrogens (tertiary/aromatic N) is 3. The van der Waals surface area contributed by atoms with Crippen LogP contribution in [0.3, 0.4) is 0 Å². The molecule has 0 atom stereocenters. The minimum absolute atomic E-state index is 0.0309. The van der Waals surface area contributed by atoms with E-state index in [1.54, 1.807) is 0 Å². The van der Waals surface area contributed by atoms with Crippen LogP contribution in [-0.4, -0.2) is 16.5 Å². The second-order valence-corrected chi connectivity index (χ2v) is 6.46. The van der Waals surface area contributed by atoms with Gasteiger partial charge in [0.2, 0.25) is 5.95 Å². The van der Waals surface area contributed by atoms with Crippen molar-refractivity contribution in [3.8, 4) is 6.07 Å². The number of nitrogens with two attached hydrogens (primary N) is 2. The summed E-state index contributed by atoms with van der Waals surface area (Å²) in [4.78, 5) is 7.99. The van der Waals surface area contributed by atoms with Gasteiger partial charge in [-0.15, -0.1) is 0 Å². The van der Waals surface area contributed by atoms with Crippen LogP contribution in [0.2, 0.25) is 0 Å². The molecule has 138 valence electrons. The highest BCUT2D eigenvalue weighted by Gasteiger charge is 2.19. The predicted molar refractivity (Wildman–Crippen MR) is 111 cm³/mol. The Morgan fingerprint density at radius 1 is 1.04 bits per heavy atom. The summed E-state index contributed by atoms with van der Waals surface area (Å²) in [6.07, 6.45) is 0.776. The van der Waals surface area contributed by atoms with E-state index in [1.165, 1.54) is 5.56 Å². The zero-order valence-electron chi connectivity index (χ0n) is 15.1. The van der Waals surface area contributed by atoms with E-state index in [-0.39, 0.29) is 17.3 Å². The summed E-state index contributed by atoms with van der Waals surface area (Å²) >= 11 is 0. The van der Waals surface area contributed by atoms with Crippen molar-refractivity contribution in [1.29, 1.82) is 5.26 Å². The van der Waals surface area contributed by atoms with Crippen LogP contribution in [0, 0.1) is 11.3 Å². The smallest absolute Gasteiger partial charge is 0.224 e. The van der Waals surface area contributed by atoms with E-state index < -0.39 is 0 Å². The Morgan fingerprint density at radius 3 is 2.57 bits per heavy atom. The van der Waals surface area contributed by atoms with Crippen molar-refractivity contribution < 1.29 is 0 Å². The molecule has 0 saturated carbocycles. The second kappa shape index (κ2) is 7.29. The number of benzene rings is 2. The first kappa shape index (κ1) is 17.4. The summed E-state index contributed by atoms with van der Waals surface area (Å²) in [5.74, 6) is 0.441. The summed E-state index contributed by atoms with van der Waals surface area (Å²) in [5.41, 5.74) is 17.3. The molecule has 4 rings (SSSR count). The molecule has 2 heterocycles. The molecular weight excluding hydrogens is 350 g/mol. The van der Waals surface area contributed by atoms with E-state index in [2.05, 4.69) is 44.9 Å². The summed E-state index contributed by atoms with van der Waals surface area (Å²) in [7, 11) is 0. The molecule has 3 aromatic rings. The molecular formula is C21H19N7. The van der Waals surface area contributed by atoms with Crippen molar-refractivity contribution >= 4 is 29.0 Å². The maximum Gasteiger partial charge on any atom is 0.224 e. The molecule has 28 heavy (non-hydrogen) atoms. The van der Waals surface area contributed by atoms with Crippen molar-refractivity contribution in [2.75, 3.05) is 28.6 Å². The Labute approximate surface area is 162 Å². The number of anilines is 4. The molecule has 0 radical (unpaired) electrons. The van der Waals surface area contributed by atoms with Gasteiger partial charge in [-0.05, 0) is 29.2 Å². The van der Waals surface area contributed by atoms with Crippen LogP contribution in [0.15, 0.2) is 60.2 Å². The molecule has 0 aliphatic carbocycles. The van der Waals surface area contributed by atoms with Gasteiger partial charge in [-0.25, -0.2) is 0 Å². The standard InChI is InChI=1S/C21H19N7/c22-11-16-19(23)27-21(24)28-20(16)25-12-15-10-14-8-4-5-9-17(14)26-18(15)13-6-2-1-3-7-13/h1-9,26H,10,12H2,(H5,23,24,25,27,28). The summed E-state index contributed by atoms with van der Waals surface area (Å²) in [6, 6.07) is 20.4. The second-order valence-electron chi connectivity index (χ2n) is 6.46. The molecule has 0 unspecified atom stereocenters. The number of nitrogens with one attached hydrogen (secondary N) is 2. The van der Waals surface area contributed by atoms with E-state index in [4.69, 9.17) is 11.5 Å². The number of fused-ring (bicyclic) bond motifs is 1. The topological polar surface area (TPSA) is 126 Å². The molecule has 0 saturated heterocycles. The van der Waals surface area contributed by atoms with Gasteiger partial charge < -0.3 is 22.1 Å². The molecule has 1 aromatic heterocycles. The molecule has 7 nitrogen and oxygen atoms in total. The molecule has 6 N–H and O–H groups in total. The Morgan fingerprint density at radius 2 is 1.79 bits per heavy atom. The van der Waals surface area contributed by atoms with Gasteiger partial charge in [-0.1, -0.05) is 48.5 Å². The van der Waals surface area contributed by atoms with E-state index in [9.17, 15) is 5.26 Å². The number of hydrogen-bond donors (Lipinski definition) is 4. The Balaban J connectivity index is 1.70. The lowest BCUT2D eigenvalue weighted by Gasteiger charge is -2.25. The number of hydrogen-bond acceptors (Lipinski definition) is 7.